The summed E-state index contributed by atoms with van der Waals surface area (Å²) in [5.41, 5.74) is 7.87. The summed E-state index contributed by atoms with van der Waals surface area (Å²) in [4.78, 5) is 4.32. The first-order chi connectivity index (χ1) is 15.6. The monoisotopic (exact) mass is 445 g/mol. The van der Waals surface area contributed by atoms with Crippen LogP contribution in [0.15, 0.2) is 54.1 Å². The van der Waals surface area contributed by atoms with E-state index in [9.17, 15) is 0 Å². The van der Waals surface area contributed by atoms with Crippen molar-refractivity contribution in [3.8, 4) is 11.1 Å². The number of benzene rings is 2. The molecule has 0 aliphatic heterocycles. The highest BCUT2D eigenvalue weighted by molar-refractivity contribution is 6.77. The van der Waals surface area contributed by atoms with Gasteiger partial charge >= 0.3 is 0 Å². The van der Waals surface area contributed by atoms with Crippen LogP contribution in [0.4, 0.5) is 0 Å². The van der Waals surface area contributed by atoms with E-state index in [1.54, 1.807) is 11.1 Å². The fourth-order valence-electron chi connectivity index (χ4n) is 6.30. The van der Waals surface area contributed by atoms with Crippen LogP contribution in [0.3, 0.4) is 0 Å². The lowest BCUT2D eigenvalue weighted by atomic mass is 9.97. The van der Waals surface area contributed by atoms with E-state index in [1.165, 1.54) is 87.3 Å². The van der Waals surface area contributed by atoms with Crippen molar-refractivity contribution in [3.05, 3.63) is 65.2 Å². The van der Waals surface area contributed by atoms with Gasteiger partial charge in [0, 0.05) is 11.6 Å². The zero-order chi connectivity index (χ0) is 22.4. The minimum Gasteiger partial charge on any atom is -0.334 e. The van der Waals surface area contributed by atoms with Gasteiger partial charge in [0.1, 0.15) is 8.24 Å². The standard InChI is InChI=1S/C30H43NSi/c1-24-23-29-27(25-17-12-11-13-18-25)21-16-22-28(29)30(24)32(2,3)31-26-19-14-9-7-5-4-6-8-10-15-20-26/h11-13,16-18,21-23,26,30-31H,4-10,14-15,19-20H2,1-3H3. The number of allylic oxidation sites excluding steroid dienone is 1. The van der Waals surface area contributed by atoms with Gasteiger partial charge in [-0.05, 0) is 42.0 Å². The molecule has 172 valence electrons. The number of hydrogen-bond acceptors (Lipinski definition) is 1. The first kappa shape index (κ1) is 23.5. The Kier molecular flexibility index (Phi) is 8.07. The van der Waals surface area contributed by atoms with Crippen LogP contribution in [0.1, 0.15) is 94.2 Å². The lowest BCUT2D eigenvalue weighted by Gasteiger charge is -2.37. The van der Waals surface area contributed by atoms with Crippen molar-refractivity contribution in [2.45, 2.75) is 102 Å². The molecule has 2 heteroatoms. The van der Waals surface area contributed by atoms with Crippen molar-refractivity contribution >= 4 is 14.3 Å². The molecule has 0 heterocycles. The molecule has 1 unspecified atom stereocenters. The van der Waals surface area contributed by atoms with Gasteiger partial charge in [-0.15, -0.1) is 0 Å². The summed E-state index contributed by atoms with van der Waals surface area (Å²) >= 11 is 0. The Morgan fingerprint density at radius 2 is 1.31 bits per heavy atom. The quantitative estimate of drug-likeness (QED) is 0.463. The maximum absolute atomic E-state index is 4.32. The highest BCUT2D eigenvalue weighted by Crippen LogP contribution is 2.45. The van der Waals surface area contributed by atoms with Crippen LogP contribution in [0, 0.1) is 0 Å². The van der Waals surface area contributed by atoms with Crippen molar-refractivity contribution in [2.24, 2.45) is 0 Å². The predicted octanol–water partition coefficient (Wildman–Crippen LogP) is 8.86. The summed E-state index contributed by atoms with van der Waals surface area (Å²) in [5.74, 6) is 0. The van der Waals surface area contributed by atoms with E-state index in [4.69, 9.17) is 0 Å². The van der Waals surface area contributed by atoms with Crippen LogP contribution in [-0.2, 0) is 0 Å². The van der Waals surface area contributed by atoms with Gasteiger partial charge in [0.25, 0.3) is 0 Å². The number of fused-ring (bicyclic) bond motifs is 1. The van der Waals surface area contributed by atoms with Gasteiger partial charge in [-0.1, -0.05) is 131 Å². The van der Waals surface area contributed by atoms with E-state index in [1.807, 2.05) is 0 Å². The third-order valence-corrected chi connectivity index (χ3v) is 11.1. The normalized spacial score (nSPS) is 21.3. The molecule has 2 aliphatic rings. The van der Waals surface area contributed by atoms with Gasteiger partial charge in [0.2, 0.25) is 0 Å². The van der Waals surface area contributed by atoms with Crippen LogP contribution in [0.5, 0.6) is 0 Å². The zero-order valence-corrected chi connectivity index (χ0v) is 21.6. The summed E-state index contributed by atoms with van der Waals surface area (Å²) in [6.07, 6.45) is 18.1. The molecule has 0 saturated heterocycles. The molecule has 2 aromatic carbocycles. The second kappa shape index (κ2) is 11.0. The molecule has 1 fully saturated rings. The van der Waals surface area contributed by atoms with E-state index >= 15 is 0 Å². The van der Waals surface area contributed by atoms with Gasteiger partial charge in [-0.2, -0.15) is 0 Å². The Hall–Kier alpha value is -1.64. The molecule has 1 atom stereocenters. The average molecular weight is 446 g/mol. The number of nitrogens with one attached hydrogen (secondary N) is 1. The summed E-state index contributed by atoms with van der Waals surface area (Å²) in [7, 11) is -1.70. The van der Waals surface area contributed by atoms with E-state index in [-0.39, 0.29) is 0 Å². The SMILES string of the molecule is CC1=Cc2c(-c3ccccc3)cccc2C1[Si](C)(C)NC1CCCCCCCCCCC1. The van der Waals surface area contributed by atoms with Crippen LogP contribution >= 0.6 is 0 Å². The maximum Gasteiger partial charge on any atom is 0.131 e. The third-order valence-electron chi connectivity index (χ3n) is 7.77. The Balaban J connectivity index is 1.53. The molecule has 1 N–H and O–H groups in total. The molecule has 2 aliphatic carbocycles. The second-order valence-electron chi connectivity index (χ2n) is 10.8. The maximum atomic E-state index is 4.32. The van der Waals surface area contributed by atoms with Crippen molar-refractivity contribution in [2.75, 3.05) is 0 Å². The van der Waals surface area contributed by atoms with Gasteiger partial charge in [0.15, 0.2) is 0 Å². The van der Waals surface area contributed by atoms with Crippen LogP contribution < -0.4 is 4.98 Å². The largest absolute Gasteiger partial charge is 0.334 e. The lowest BCUT2D eigenvalue weighted by molar-refractivity contribution is 0.442. The summed E-state index contributed by atoms with van der Waals surface area (Å²) in [5, 5.41) is 0. The van der Waals surface area contributed by atoms with Crippen molar-refractivity contribution < 1.29 is 0 Å². The highest BCUT2D eigenvalue weighted by atomic mass is 28.3. The Labute approximate surface area is 197 Å². The van der Waals surface area contributed by atoms with Crippen molar-refractivity contribution in [1.82, 2.24) is 4.98 Å². The molecule has 4 rings (SSSR count). The average Bonchev–Trinajstić information content (AvgIpc) is 3.13. The summed E-state index contributed by atoms with van der Waals surface area (Å²) < 4.78 is 0. The van der Waals surface area contributed by atoms with E-state index in [0.29, 0.717) is 11.6 Å². The Bertz CT molecular complexity index is 886. The van der Waals surface area contributed by atoms with Crippen molar-refractivity contribution in [3.63, 3.8) is 0 Å². The zero-order valence-electron chi connectivity index (χ0n) is 20.6. The molecule has 1 nitrogen and oxygen atoms in total. The number of hydrogen-bond donors (Lipinski definition) is 1. The molecule has 0 aromatic heterocycles. The molecule has 0 radical (unpaired) electrons. The molecule has 0 spiro atoms. The minimum atomic E-state index is -1.70. The summed E-state index contributed by atoms with van der Waals surface area (Å²) in [6.45, 7) is 7.53. The van der Waals surface area contributed by atoms with Crippen LogP contribution in [-0.4, -0.2) is 14.3 Å². The molecule has 0 amide bonds. The molecule has 32 heavy (non-hydrogen) atoms. The smallest absolute Gasteiger partial charge is 0.131 e. The van der Waals surface area contributed by atoms with Gasteiger partial charge < -0.3 is 4.98 Å². The number of rotatable bonds is 4. The summed E-state index contributed by atoms with van der Waals surface area (Å²) in [6, 6.07) is 18.6. The van der Waals surface area contributed by atoms with E-state index in [0.717, 1.165) is 0 Å². The third kappa shape index (κ3) is 5.64. The Morgan fingerprint density at radius 3 is 1.94 bits per heavy atom. The first-order valence-electron chi connectivity index (χ1n) is 13.2. The van der Waals surface area contributed by atoms with Gasteiger partial charge in [-0.25, -0.2) is 0 Å². The fourth-order valence-corrected chi connectivity index (χ4v) is 10.1. The molecule has 2 aromatic rings. The minimum absolute atomic E-state index is 0.572. The fraction of sp³-hybridized carbons (Fsp3) is 0.533. The second-order valence-corrected chi connectivity index (χ2v) is 15.1. The van der Waals surface area contributed by atoms with Crippen LogP contribution in [0.2, 0.25) is 13.1 Å². The van der Waals surface area contributed by atoms with Crippen LogP contribution in [0.25, 0.3) is 17.2 Å². The van der Waals surface area contributed by atoms with Gasteiger partial charge in [-0.3, -0.25) is 0 Å². The highest BCUT2D eigenvalue weighted by Gasteiger charge is 2.40. The predicted molar refractivity (Wildman–Crippen MR) is 143 cm³/mol. The molecular formula is C30H43NSi. The topological polar surface area (TPSA) is 12.0 Å². The molecule has 0 bridgehead atoms. The molecular weight excluding hydrogens is 402 g/mol. The van der Waals surface area contributed by atoms with Gasteiger partial charge in [0.05, 0.1) is 0 Å². The Morgan fingerprint density at radius 1 is 0.719 bits per heavy atom. The van der Waals surface area contributed by atoms with Crippen molar-refractivity contribution in [1.29, 1.82) is 0 Å². The first-order valence-corrected chi connectivity index (χ1v) is 16.3. The lowest BCUT2D eigenvalue weighted by Crippen LogP contribution is -2.54. The van der Waals surface area contributed by atoms with E-state index in [2.05, 4.69) is 79.6 Å². The van der Waals surface area contributed by atoms with E-state index < -0.39 is 8.24 Å². The molecule has 1 saturated carbocycles.